The number of phosphoric ester groups is 1. The summed E-state index contributed by atoms with van der Waals surface area (Å²) in [6.45, 7) is 2.23. The predicted molar refractivity (Wildman–Crippen MR) is 83.8 cm³/mol. The van der Waals surface area contributed by atoms with Gasteiger partial charge < -0.3 is 4.52 Å². The second-order valence-corrected chi connectivity index (χ2v) is 6.76. The molecule has 0 aromatic carbocycles. The molecule has 0 fully saturated rings. The minimum atomic E-state index is -4.66. The van der Waals surface area contributed by atoms with Gasteiger partial charge in [0, 0.05) is 6.42 Å². The van der Waals surface area contributed by atoms with Crippen LogP contribution in [0.15, 0.2) is 0 Å². The summed E-state index contributed by atoms with van der Waals surface area (Å²) in [7, 11) is -4.66. The van der Waals surface area contributed by atoms with Crippen LogP contribution < -0.4 is 0 Å². The normalized spacial score (nSPS) is 11.6. The Bertz CT molecular complexity index is 300. The molecule has 0 radical (unpaired) electrons. The van der Waals surface area contributed by atoms with Crippen molar-refractivity contribution in [2.75, 3.05) is 0 Å². The summed E-state index contributed by atoms with van der Waals surface area (Å²) >= 11 is 0. The van der Waals surface area contributed by atoms with Crippen molar-refractivity contribution in [1.82, 2.24) is 0 Å². The van der Waals surface area contributed by atoms with Crippen molar-refractivity contribution in [2.45, 2.75) is 90.4 Å². The smallest absolute Gasteiger partial charge is 0.371 e. The van der Waals surface area contributed by atoms with Gasteiger partial charge in [-0.15, -0.1) is 0 Å². The van der Waals surface area contributed by atoms with E-state index in [4.69, 9.17) is 9.79 Å². The Hall–Kier alpha value is -0.380. The topological polar surface area (TPSA) is 83.8 Å². The van der Waals surface area contributed by atoms with Gasteiger partial charge >= 0.3 is 13.8 Å². The van der Waals surface area contributed by atoms with Crippen LogP contribution in [0.4, 0.5) is 0 Å². The molecule has 0 aromatic rings. The summed E-state index contributed by atoms with van der Waals surface area (Å²) in [5.74, 6) is -0.810. The fraction of sp³-hybridized carbons (Fsp3) is 0.933. The number of carbonyl (C=O) groups excluding carboxylic acids is 1. The maximum atomic E-state index is 11.0. The first-order chi connectivity index (χ1) is 9.95. The Labute approximate surface area is 128 Å². The monoisotopic (exact) mass is 322 g/mol. The highest BCUT2D eigenvalue weighted by atomic mass is 31.2. The third-order valence-electron chi connectivity index (χ3n) is 3.46. The first kappa shape index (κ1) is 20.6. The van der Waals surface area contributed by atoms with Crippen molar-refractivity contribution in [3.8, 4) is 0 Å². The number of unbranched alkanes of at least 4 members (excludes halogenated alkanes) is 11. The molecule has 0 atom stereocenters. The Morgan fingerprint density at radius 2 is 1.19 bits per heavy atom. The average Bonchev–Trinajstić information content (AvgIpc) is 2.38. The van der Waals surface area contributed by atoms with Gasteiger partial charge in [-0.3, -0.25) is 14.6 Å². The molecule has 5 nitrogen and oxygen atoms in total. The van der Waals surface area contributed by atoms with E-state index in [1.54, 1.807) is 0 Å². The summed E-state index contributed by atoms with van der Waals surface area (Å²) in [6.07, 6.45) is 14.4. The fourth-order valence-electron chi connectivity index (χ4n) is 2.29. The summed E-state index contributed by atoms with van der Waals surface area (Å²) in [5, 5.41) is 0. The van der Waals surface area contributed by atoms with Crippen LogP contribution in [-0.2, 0) is 13.9 Å². The van der Waals surface area contributed by atoms with Gasteiger partial charge in [-0.1, -0.05) is 77.6 Å². The molecule has 0 spiro atoms. The van der Waals surface area contributed by atoms with Gasteiger partial charge in [-0.2, -0.15) is 0 Å². The third-order valence-corrected chi connectivity index (χ3v) is 3.90. The van der Waals surface area contributed by atoms with E-state index in [-0.39, 0.29) is 6.42 Å². The predicted octanol–water partition coefficient (Wildman–Crippen LogP) is 4.71. The maximum absolute atomic E-state index is 11.0. The number of hydrogen-bond donors (Lipinski definition) is 2. The fourth-order valence-corrected chi connectivity index (χ4v) is 2.65. The van der Waals surface area contributed by atoms with Crippen LogP contribution in [0.5, 0.6) is 0 Å². The van der Waals surface area contributed by atoms with Gasteiger partial charge in [0.15, 0.2) is 0 Å². The van der Waals surface area contributed by atoms with Crippen LogP contribution in [0.25, 0.3) is 0 Å². The van der Waals surface area contributed by atoms with E-state index < -0.39 is 13.8 Å². The van der Waals surface area contributed by atoms with E-state index in [0.717, 1.165) is 12.8 Å². The number of carbonyl (C=O) groups is 1. The lowest BCUT2D eigenvalue weighted by Gasteiger charge is -2.05. The van der Waals surface area contributed by atoms with Gasteiger partial charge in [-0.05, 0) is 6.42 Å². The quantitative estimate of drug-likeness (QED) is 0.357. The Balaban J connectivity index is 3.19. The van der Waals surface area contributed by atoms with Crippen LogP contribution >= 0.6 is 7.82 Å². The Morgan fingerprint density at radius 1 is 0.810 bits per heavy atom. The number of phosphoric acid groups is 1. The van der Waals surface area contributed by atoms with Crippen LogP contribution in [-0.4, -0.2) is 15.8 Å². The lowest BCUT2D eigenvalue weighted by molar-refractivity contribution is -0.135. The van der Waals surface area contributed by atoms with Crippen molar-refractivity contribution in [1.29, 1.82) is 0 Å². The molecule has 6 heteroatoms. The Morgan fingerprint density at radius 3 is 1.57 bits per heavy atom. The molecular weight excluding hydrogens is 291 g/mol. The van der Waals surface area contributed by atoms with Gasteiger partial charge in [0.25, 0.3) is 0 Å². The van der Waals surface area contributed by atoms with E-state index in [0.29, 0.717) is 6.42 Å². The average molecular weight is 322 g/mol. The second-order valence-electron chi connectivity index (χ2n) is 5.59. The van der Waals surface area contributed by atoms with Crippen molar-refractivity contribution in [3.05, 3.63) is 0 Å². The first-order valence-electron chi connectivity index (χ1n) is 8.23. The number of rotatable bonds is 14. The lowest BCUT2D eigenvalue weighted by Crippen LogP contribution is -2.01. The van der Waals surface area contributed by atoms with Crippen LogP contribution in [0.1, 0.15) is 90.4 Å². The van der Waals surface area contributed by atoms with E-state index in [1.807, 2.05) is 0 Å². The molecule has 0 bridgehead atoms. The molecule has 0 saturated carbocycles. The molecule has 2 N–H and O–H groups in total. The largest absolute Gasteiger partial charge is 0.526 e. The number of hydrogen-bond acceptors (Lipinski definition) is 3. The molecule has 0 rings (SSSR count). The molecule has 0 amide bonds. The zero-order valence-corrected chi connectivity index (χ0v) is 14.2. The van der Waals surface area contributed by atoms with E-state index >= 15 is 0 Å². The van der Waals surface area contributed by atoms with Gasteiger partial charge in [0.1, 0.15) is 0 Å². The molecule has 0 aliphatic carbocycles. The lowest BCUT2D eigenvalue weighted by atomic mass is 10.0. The molecule has 0 saturated heterocycles. The summed E-state index contributed by atoms with van der Waals surface area (Å²) in [4.78, 5) is 27.9. The van der Waals surface area contributed by atoms with Crippen LogP contribution in [0.2, 0.25) is 0 Å². The molecule has 0 aromatic heterocycles. The molecule has 0 heterocycles. The highest BCUT2D eigenvalue weighted by Gasteiger charge is 2.19. The molecule has 21 heavy (non-hydrogen) atoms. The standard InChI is InChI=1S/C15H31O5P/c1-2-3-4-5-6-7-8-9-10-11-12-13-14-15(16)20-21(17,18)19/h2-14H2,1H3,(H2,17,18,19). The van der Waals surface area contributed by atoms with Gasteiger partial charge in [-0.25, -0.2) is 4.57 Å². The van der Waals surface area contributed by atoms with Crippen molar-refractivity contribution in [3.63, 3.8) is 0 Å². The maximum Gasteiger partial charge on any atom is 0.526 e. The molecule has 0 unspecified atom stereocenters. The van der Waals surface area contributed by atoms with Crippen molar-refractivity contribution >= 4 is 13.8 Å². The first-order valence-corrected chi connectivity index (χ1v) is 9.76. The zero-order valence-electron chi connectivity index (χ0n) is 13.3. The summed E-state index contributed by atoms with van der Waals surface area (Å²) < 4.78 is 14.4. The molecule has 0 aliphatic rings. The van der Waals surface area contributed by atoms with E-state index in [1.165, 1.54) is 57.8 Å². The highest BCUT2D eigenvalue weighted by molar-refractivity contribution is 7.46. The van der Waals surface area contributed by atoms with Gasteiger partial charge in [0.05, 0.1) is 0 Å². The van der Waals surface area contributed by atoms with E-state index in [2.05, 4.69) is 11.4 Å². The van der Waals surface area contributed by atoms with Crippen LogP contribution in [0, 0.1) is 0 Å². The second kappa shape index (κ2) is 13.3. The molecular formula is C15H31O5P. The summed E-state index contributed by atoms with van der Waals surface area (Å²) in [6, 6.07) is 0. The Kier molecular flexibility index (Phi) is 13.1. The van der Waals surface area contributed by atoms with E-state index in [9.17, 15) is 9.36 Å². The highest BCUT2D eigenvalue weighted by Crippen LogP contribution is 2.36. The molecule has 126 valence electrons. The van der Waals surface area contributed by atoms with Crippen molar-refractivity contribution < 1.29 is 23.7 Å². The minimum absolute atomic E-state index is 0.0859. The van der Waals surface area contributed by atoms with Crippen molar-refractivity contribution in [2.24, 2.45) is 0 Å². The van der Waals surface area contributed by atoms with Gasteiger partial charge in [0.2, 0.25) is 0 Å². The summed E-state index contributed by atoms with van der Waals surface area (Å²) in [5.41, 5.74) is 0. The molecule has 0 aliphatic heterocycles. The minimum Gasteiger partial charge on any atom is -0.371 e. The third kappa shape index (κ3) is 17.6. The van der Waals surface area contributed by atoms with Crippen LogP contribution in [0.3, 0.4) is 0 Å². The zero-order chi connectivity index (χ0) is 16.0. The SMILES string of the molecule is CCCCCCCCCCCCCCC(=O)OP(=O)(O)O.